The lowest BCUT2D eigenvalue weighted by molar-refractivity contribution is 0.539. The third kappa shape index (κ3) is 3.74. The quantitative estimate of drug-likeness (QED) is 0.792. The van der Waals surface area contributed by atoms with Crippen molar-refractivity contribution in [1.82, 2.24) is 9.97 Å². The van der Waals surface area contributed by atoms with Gasteiger partial charge in [0.05, 0.1) is 0 Å². The SMILES string of the molecule is CCCCc1cc(=S)nc(C(C)(C)C)[nH]1. The Balaban J connectivity index is 3.01. The zero-order chi connectivity index (χ0) is 11.5. The zero-order valence-corrected chi connectivity index (χ0v) is 10.9. The van der Waals surface area contributed by atoms with Crippen LogP contribution in [0.4, 0.5) is 0 Å². The van der Waals surface area contributed by atoms with Gasteiger partial charge >= 0.3 is 0 Å². The first-order valence-electron chi connectivity index (χ1n) is 5.54. The predicted octanol–water partition coefficient (Wildman–Crippen LogP) is 3.78. The second-order valence-electron chi connectivity index (χ2n) is 4.95. The molecule has 1 aromatic rings. The van der Waals surface area contributed by atoms with Gasteiger partial charge in [-0.2, -0.15) is 0 Å². The number of aryl methyl sites for hydroxylation is 1. The van der Waals surface area contributed by atoms with E-state index in [2.05, 4.69) is 37.7 Å². The number of hydrogen-bond donors (Lipinski definition) is 1. The van der Waals surface area contributed by atoms with E-state index >= 15 is 0 Å². The first-order valence-corrected chi connectivity index (χ1v) is 5.95. The van der Waals surface area contributed by atoms with Gasteiger partial charge in [0.2, 0.25) is 0 Å². The van der Waals surface area contributed by atoms with Crippen LogP contribution in [0.3, 0.4) is 0 Å². The summed E-state index contributed by atoms with van der Waals surface area (Å²) >= 11 is 5.18. The van der Waals surface area contributed by atoms with E-state index in [1.165, 1.54) is 18.5 Å². The van der Waals surface area contributed by atoms with Gasteiger partial charge in [0.15, 0.2) is 0 Å². The Morgan fingerprint density at radius 3 is 2.60 bits per heavy atom. The summed E-state index contributed by atoms with van der Waals surface area (Å²) in [6.45, 7) is 8.62. The molecule has 0 fully saturated rings. The number of unbranched alkanes of at least 4 members (excludes halogenated alkanes) is 1. The van der Waals surface area contributed by atoms with Crippen LogP contribution in [0.15, 0.2) is 6.07 Å². The standard InChI is InChI=1S/C12H20N2S/c1-5-6-7-9-8-10(15)14-11(13-9)12(2,3)4/h8H,5-7H2,1-4H3,(H,13,14,15). The molecule has 0 aromatic carbocycles. The Hall–Kier alpha value is -0.700. The minimum absolute atomic E-state index is 0.0375. The molecule has 0 amide bonds. The largest absolute Gasteiger partial charge is 0.347 e. The monoisotopic (exact) mass is 224 g/mol. The smallest absolute Gasteiger partial charge is 0.130 e. The van der Waals surface area contributed by atoms with Crippen molar-refractivity contribution in [3.05, 3.63) is 22.2 Å². The van der Waals surface area contributed by atoms with E-state index in [9.17, 15) is 0 Å². The molecule has 0 unspecified atom stereocenters. The molecular formula is C12H20N2S. The van der Waals surface area contributed by atoms with Crippen molar-refractivity contribution in [1.29, 1.82) is 0 Å². The van der Waals surface area contributed by atoms with Gasteiger partial charge in [-0.05, 0) is 18.9 Å². The highest BCUT2D eigenvalue weighted by Gasteiger charge is 2.16. The number of aromatic amines is 1. The minimum atomic E-state index is 0.0375. The average Bonchev–Trinajstić information content (AvgIpc) is 2.12. The summed E-state index contributed by atoms with van der Waals surface area (Å²) in [6.07, 6.45) is 3.46. The Morgan fingerprint density at radius 2 is 2.07 bits per heavy atom. The van der Waals surface area contributed by atoms with Crippen LogP contribution >= 0.6 is 12.2 Å². The lowest BCUT2D eigenvalue weighted by Gasteiger charge is -2.18. The molecular weight excluding hydrogens is 204 g/mol. The average molecular weight is 224 g/mol. The maximum absolute atomic E-state index is 5.18. The van der Waals surface area contributed by atoms with E-state index in [1.54, 1.807) is 0 Å². The van der Waals surface area contributed by atoms with Crippen molar-refractivity contribution in [3.63, 3.8) is 0 Å². The van der Waals surface area contributed by atoms with Gasteiger partial charge in [-0.1, -0.05) is 46.3 Å². The highest BCUT2D eigenvalue weighted by Crippen LogP contribution is 2.18. The first kappa shape index (κ1) is 12.4. The third-order valence-corrected chi connectivity index (χ3v) is 2.52. The number of aromatic nitrogens is 2. The molecule has 1 rings (SSSR count). The third-order valence-electron chi connectivity index (χ3n) is 2.31. The highest BCUT2D eigenvalue weighted by atomic mass is 32.1. The summed E-state index contributed by atoms with van der Waals surface area (Å²) in [5, 5.41) is 0. The molecule has 0 atom stereocenters. The summed E-state index contributed by atoms with van der Waals surface area (Å²) in [5.41, 5.74) is 1.25. The molecule has 3 heteroatoms. The van der Waals surface area contributed by atoms with E-state index < -0.39 is 0 Å². The summed E-state index contributed by atoms with van der Waals surface area (Å²) in [6, 6.07) is 1.97. The van der Waals surface area contributed by atoms with Gasteiger partial charge in [-0.25, -0.2) is 4.98 Å². The van der Waals surface area contributed by atoms with E-state index in [-0.39, 0.29) is 5.41 Å². The summed E-state index contributed by atoms with van der Waals surface area (Å²) in [5.74, 6) is 0.987. The second-order valence-corrected chi connectivity index (χ2v) is 5.37. The first-order chi connectivity index (χ1) is 6.93. The van der Waals surface area contributed by atoms with Gasteiger partial charge < -0.3 is 4.98 Å². The molecule has 0 aliphatic carbocycles. The van der Waals surface area contributed by atoms with Crippen LogP contribution in [0.2, 0.25) is 0 Å². The zero-order valence-electron chi connectivity index (χ0n) is 10.1. The van der Waals surface area contributed by atoms with Crippen LogP contribution < -0.4 is 0 Å². The molecule has 15 heavy (non-hydrogen) atoms. The summed E-state index contributed by atoms with van der Waals surface area (Å²) < 4.78 is 0.699. The number of rotatable bonds is 3. The minimum Gasteiger partial charge on any atom is -0.347 e. The van der Waals surface area contributed by atoms with Crippen LogP contribution in [0.1, 0.15) is 52.1 Å². The van der Waals surface area contributed by atoms with Crippen LogP contribution in [0, 0.1) is 4.64 Å². The van der Waals surface area contributed by atoms with E-state index in [0.29, 0.717) is 4.64 Å². The maximum Gasteiger partial charge on any atom is 0.130 e. The predicted molar refractivity (Wildman–Crippen MR) is 66.7 cm³/mol. The molecule has 2 nitrogen and oxygen atoms in total. The Kier molecular flexibility index (Phi) is 4.03. The van der Waals surface area contributed by atoms with Crippen molar-refractivity contribution in [2.24, 2.45) is 0 Å². The molecule has 1 heterocycles. The topological polar surface area (TPSA) is 28.7 Å². The van der Waals surface area contributed by atoms with Crippen molar-refractivity contribution in [2.45, 2.75) is 52.4 Å². The van der Waals surface area contributed by atoms with Gasteiger partial charge in [-0.3, -0.25) is 0 Å². The molecule has 0 aliphatic rings. The number of nitrogens with one attached hydrogen (secondary N) is 1. The van der Waals surface area contributed by atoms with E-state index in [0.717, 1.165) is 12.2 Å². The summed E-state index contributed by atoms with van der Waals surface area (Å²) in [4.78, 5) is 7.75. The van der Waals surface area contributed by atoms with Gasteiger partial charge in [-0.15, -0.1) is 0 Å². The molecule has 0 radical (unpaired) electrons. The summed E-state index contributed by atoms with van der Waals surface area (Å²) in [7, 11) is 0. The lowest BCUT2D eigenvalue weighted by Crippen LogP contribution is -2.17. The molecule has 0 saturated heterocycles. The fraction of sp³-hybridized carbons (Fsp3) is 0.667. The van der Waals surface area contributed by atoms with Crippen molar-refractivity contribution in [3.8, 4) is 0 Å². The Labute approximate surface area is 97.1 Å². The fourth-order valence-electron chi connectivity index (χ4n) is 1.36. The van der Waals surface area contributed by atoms with Crippen LogP contribution in [-0.2, 0) is 11.8 Å². The van der Waals surface area contributed by atoms with Crippen LogP contribution in [0.25, 0.3) is 0 Å². The molecule has 1 N–H and O–H groups in total. The second kappa shape index (κ2) is 4.88. The number of hydrogen-bond acceptors (Lipinski definition) is 2. The van der Waals surface area contributed by atoms with Crippen LogP contribution in [-0.4, -0.2) is 9.97 Å². The van der Waals surface area contributed by atoms with E-state index in [4.69, 9.17) is 12.2 Å². The molecule has 0 saturated carbocycles. The Morgan fingerprint density at radius 1 is 1.40 bits per heavy atom. The van der Waals surface area contributed by atoms with Crippen molar-refractivity contribution >= 4 is 12.2 Å². The van der Waals surface area contributed by atoms with E-state index in [1.807, 2.05) is 6.07 Å². The van der Waals surface area contributed by atoms with Crippen LogP contribution in [0.5, 0.6) is 0 Å². The normalized spacial score (nSPS) is 11.7. The maximum atomic E-state index is 5.18. The molecule has 1 aromatic heterocycles. The fourth-order valence-corrected chi connectivity index (χ4v) is 1.60. The highest BCUT2D eigenvalue weighted by molar-refractivity contribution is 7.71. The Bertz CT molecular complexity index is 374. The molecule has 0 aliphatic heterocycles. The van der Waals surface area contributed by atoms with Gasteiger partial charge in [0.1, 0.15) is 10.5 Å². The van der Waals surface area contributed by atoms with Gasteiger partial charge in [0, 0.05) is 11.1 Å². The van der Waals surface area contributed by atoms with Gasteiger partial charge in [0.25, 0.3) is 0 Å². The van der Waals surface area contributed by atoms with Crippen molar-refractivity contribution in [2.75, 3.05) is 0 Å². The number of nitrogens with zero attached hydrogens (tertiary/aromatic N) is 1. The van der Waals surface area contributed by atoms with Crippen molar-refractivity contribution < 1.29 is 0 Å². The lowest BCUT2D eigenvalue weighted by atomic mass is 9.95. The molecule has 0 spiro atoms. The molecule has 84 valence electrons. The molecule has 0 bridgehead atoms. The number of H-pyrrole nitrogens is 1.